The molecule has 20 heavy (non-hydrogen) atoms. The molecule has 0 radical (unpaired) electrons. The summed E-state index contributed by atoms with van der Waals surface area (Å²) < 4.78 is 15.6. The number of nitrogens with one attached hydrogen (secondary N) is 2. The van der Waals surface area contributed by atoms with Crippen molar-refractivity contribution in [2.45, 2.75) is 6.92 Å². The zero-order valence-corrected chi connectivity index (χ0v) is 12.4. The van der Waals surface area contributed by atoms with Gasteiger partial charge >= 0.3 is 0 Å². The minimum atomic E-state index is -0.179. The third-order valence-corrected chi connectivity index (χ3v) is 2.76. The standard InChI is InChI=1S/C14H22N2O4/c1-5-15-6-7-16-14(17)10-8-11(18-2)13(20-4)12(9-10)19-3/h8-9,15H,5-7H2,1-4H3,(H,16,17). The zero-order valence-electron chi connectivity index (χ0n) is 12.4. The van der Waals surface area contributed by atoms with Crippen LogP contribution in [0.1, 0.15) is 17.3 Å². The summed E-state index contributed by atoms with van der Waals surface area (Å²) in [7, 11) is 4.56. The van der Waals surface area contributed by atoms with Crippen molar-refractivity contribution in [3.05, 3.63) is 17.7 Å². The smallest absolute Gasteiger partial charge is 0.251 e. The molecule has 0 saturated heterocycles. The van der Waals surface area contributed by atoms with Crippen LogP contribution in [-0.4, -0.2) is 46.9 Å². The molecule has 0 atom stereocenters. The highest BCUT2D eigenvalue weighted by atomic mass is 16.5. The van der Waals surface area contributed by atoms with Gasteiger partial charge in [0.25, 0.3) is 5.91 Å². The van der Waals surface area contributed by atoms with Gasteiger partial charge in [0, 0.05) is 18.7 Å². The molecule has 0 aliphatic heterocycles. The number of hydrogen-bond donors (Lipinski definition) is 2. The van der Waals surface area contributed by atoms with Crippen molar-refractivity contribution in [1.82, 2.24) is 10.6 Å². The van der Waals surface area contributed by atoms with Crippen LogP contribution < -0.4 is 24.8 Å². The summed E-state index contributed by atoms with van der Waals surface area (Å²) in [6, 6.07) is 3.26. The van der Waals surface area contributed by atoms with Crippen LogP contribution in [0.2, 0.25) is 0 Å². The number of rotatable bonds is 8. The van der Waals surface area contributed by atoms with E-state index in [4.69, 9.17) is 14.2 Å². The van der Waals surface area contributed by atoms with E-state index in [0.717, 1.165) is 13.1 Å². The average molecular weight is 282 g/mol. The molecule has 0 saturated carbocycles. The van der Waals surface area contributed by atoms with Crippen LogP contribution in [0.3, 0.4) is 0 Å². The zero-order chi connectivity index (χ0) is 15.0. The number of methoxy groups -OCH3 is 3. The Morgan fingerprint density at radius 3 is 2.10 bits per heavy atom. The third-order valence-electron chi connectivity index (χ3n) is 2.76. The number of ether oxygens (including phenoxy) is 3. The normalized spacial score (nSPS) is 10.0. The van der Waals surface area contributed by atoms with E-state index in [1.165, 1.54) is 21.3 Å². The molecule has 6 nitrogen and oxygen atoms in total. The van der Waals surface area contributed by atoms with Crippen molar-refractivity contribution < 1.29 is 19.0 Å². The van der Waals surface area contributed by atoms with E-state index < -0.39 is 0 Å². The summed E-state index contributed by atoms with van der Waals surface area (Å²) >= 11 is 0. The Bertz CT molecular complexity index is 424. The summed E-state index contributed by atoms with van der Waals surface area (Å²) in [6.45, 7) is 4.18. The molecule has 0 aliphatic carbocycles. The van der Waals surface area contributed by atoms with Gasteiger partial charge in [0.15, 0.2) is 11.5 Å². The molecule has 2 N–H and O–H groups in total. The van der Waals surface area contributed by atoms with Gasteiger partial charge in [-0.05, 0) is 18.7 Å². The van der Waals surface area contributed by atoms with Crippen LogP contribution in [0.5, 0.6) is 17.2 Å². The van der Waals surface area contributed by atoms with Gasteiger partial charge in [-0.25, -0.2) is 0 Å². The van der Waals surface area contributed by atoms with Gasteiger partial charge in [0.2, 0.25) is 5.75 Å². The van der Waals surface area contributed by atoms with Gasteiger partial charge in [-0.15, -0.1) is 0 Å². The first-order valence-corrected chi connectivity index (χ1v) is 6.46. The summed E-state index contributed by atoms with van der Waals surface area (Å²) in [5.41, 5.74) is 0.469. The van der Waals surface area contributed by atoms with Crippen LogP contribution in [0.15, 0.2) is 12.1 Å². The second kappa shape index (κ2) is 8.27. The summed E-state index contributed by atoms with van der Waals surface area (Å²) in [5.74, 6) is 1.22. The fraction of sp³-hybridized carbons (Fsp3) is 0.500. The second-order valence-corrected chi connectivity index (χ2v) is 4.02. The minimum absolute atomic E-state index is 0.179. The topological polar surface area (TPSA) is 68.8 Å². The van der Waals surface area contributed by atoms with Crippen LogP contribution >= 0.6 is 0 Å². The van der Waals surface area contributed by atoms with Gasteiger partial charge in [0.05, 0.1) is 21.3 Å². The number of carbonyl (C=O) groups is 1. The highest BCUT2D eigenvalue weighted by Gasteiger charge is 2.16. The van der Waals surface area contributed by atoms with Crippen molar-refractivity contribution in [3.63, 3.8) is 0 Å². The molecular weight excluding hydrogens is 260 g/mol. The SMILES string of the molecule is CCNCCNC(=O)c1cc(OC)c(OC)c(OC)c1. The summed E-state index contributed by atoms with van der Waals surface area (Å²) in [4.78, 5) is 12.1. The van der Waals surface area contributed by atoms with Crippen molar-refractivity contribution in [3.8, 4) is 17.2 Å². The first-order valence-electron chi connectivity index (χ1n) is 6.46. The van der Waals surface area contributed by atoms with Crippen LogP contribution in [-0.2, 0) is 0 Å². The monoisotopic (exact) mass is 282 g/mol. The lowest BCUT2D eigenvalue weighted by molar-refractivity contribution is 0.0953. The second-order valence-electron chi connectivity index (χ2n) is 4.02. The maximum absolute atomic E-state index is 12.1. The summed E-state index contributed by atoms with van der Waals surface area (Å²) in [6.07, 6.45) is 0. The number of benzene rings is 1. The van der Waals surface area contributed by atoms with Crippen LogP contribution in [0.4, 0.5) is 0 Å². The molecule has 0 spiro atoms. The fourth-order valence-corrected chi connectivity index (χ4v) is 1.76. The van der Waals surface area contributed by atoms with Gasteiger partial charge in [-0.3, -0.25) is 4.79 Å². The number of likely N-dealkylation sites (N-methyl/N-ethyl adjacent to an activating group) is 1. The maximum Gasteiger partial charge on any atom is 0.251 e. The molecule has 112 valence electrons. The Morgan fingerprint density at radius 1 is 1.05 bits per heavy atom. The Balaban J connectivity index is 2.86. The lowest BCUT2D eigenvalue weighted by Crippen LogP contribution is -2.31. The molecule has 6 heteroatoms. The molecule has 0 unspecified atom stereocenters. The molecule has 0 bridgehead atoms. The number of hydrogen-bond acceptors (Lipinski definition) is 5. The lowest BCUT2D eigenvalue weighted by Gasteiger charge is -2.14. The predicted octanol–water partition coefficient (Wildman–Crippen LogP) is 1.05. The van der Waals surface area contributed by atoms with E-state index in [9.17, 15) is 4.79 Å². The van der Waals surface area contributed by atoms with Crippen LogP contribution in [0, 0.1) is 0 Å². The van der Waals surface area contributed by atoms with Crippen LogP contribution in [0.25, 0.3) is 0 Å². The van der Waals surface area contributed by atoms with E-state index in [1.54, 1.807) is 12.1 Å². The highest BCUT2D eigenvalue weighted by Crippen LogP contribution is 2.38. The average Bonchev–Trinajstić information content (AvgIpc) is 2.49. The molecule has 0 heterocycles. The van der Waals surface area contributed by atoms with Crippen molar-refractivity contribution in [2.24, 2.45) is 0 Å². The fourth-order valence-electron chi connectivity index (χ4n) is 1.76. The lowest BCUT2D eigenvalue weighted by atomic mass is 10.1. The molecule has 0 fully saturated rings. The van der Waals surface area contributed by atoms with E-state index in [0.29, 0.717) is 29.4 Å². The number of carbonyl (C=O) groups excluding carboxylic acids is 1. The quantitative estimate of drug-likeness (QED) is 0.698. The Morgan fingerprint density at radius 2 is 1.65 bits per heavy atom. The Kier molecular flexibility index (Phi) is 6.66. The van der Waals surface area contributed by atoms with E-state index in [1.807, 2.05) is 6.92 Å². The molecule has 0 aliphatic rings. The van der Waals surface area contributed by atoms with Gasteiger partial charge in [-0.1, -0.05) is 6.92 Å². The number of amides is 1. The van der Waals surface area contributed by atoms with E-state index in [-0.39, 0.29) is 5.91 Å². The summed E-state index contributed by atoms with van der Waals surface area (Å²) in [5, 5.41) is 5.95. The Hall–Kier alpha value is -1.95. The first kappa shape index (κ1) is 16.1. The molecule has 1 amide bonds. The molecule has 1 aromatic rings. The Labute approximate surface area is 119 Å². The molecule has 0 aromatic heterocycles. The minimum Gasteiger partial charge on any atom is -0.493 e. The van der Waals surface area contributed by atoms with E-state index in [2.05, 4.69) is 10.6 Å². The van der Waals surface area contributed by atoms with Crippen molar-refractivity contribution >= 4 is 5.91 Å². The first-order chi connectivity index (χ1) is 9.67. The van der Waals surface area contributed by atoms with Crippen molar-refractivity contribution in [1.29, 1.82) is 0 Å². The van der Waals surface area contributed by atoms with Gasteiger partial charge in [0.1, 0.15) is 0 Å². The molecule has 1 rings (SSSR count). The van der Waals surface area contributed by atoms with E-state index >= 15 is 0 Å². The maximum atomic E-state index is 12.1. The predicted molar refractivity (Wildman–Crippen MR) is 77.0 cm³/mol. The van der Waals surface area contributed by atoms with Crippen molar-refractivity contribution in [2.75, 3.05) is 41.0 Å². The molecular formula is C14H22N2O4. The third kappa shape index (κ3) is 4.03. The van der Waals surface area contributed by atoms with Gasteiger partial charge < -0.3 is 24.8 Å². The largest absolute Gasteiger partial charge is 0.493 e. The highest BCUT2D eigenvalue weighted by molar-refractivity contribution is 5.95. The molecule has 1 aromatic carbocycles. The van der Waals surface area contributed by atoms with Gasteiger partial charge in [-0.2, -0.15) is 0 Å².